The van der Waals surface area contributed by atoms with Crippen molar-refractivity contribution in [2.45, 2.75) is 13.3 Å². The van der Waals surface area contributed by atoms with Crippen LogP contribution in [0.5, 0.6) is 23.0 Å². The van der Waals surface area contributed by atoms with Crippen molar-refractivity contribution >= 4 is 23.2 Å². The van der Waals surface area contributed by atoms with E-state index in [-0.39, 0.29) is 12.4 Å². The normalized spacial score (nSPS) is 10.2. The van der Waals surface area contributed by atoms with Gasteiger partial charge in [0.1, 0.15) is 5.75 Å². The molecular weight excluding hydrogens is 366 g/mol. The van der Waals surface area contributed by atoms with Crippen molar-refractivity contribution < 1.29 is 18.9 Å². The molecule has 2 aromatic carbocycles. The summed E-state index contributed by atoms with van der Waals surface area (Å²) in [5, 5.41) is 2.21. The number of fused-ring (bicyclic) bond motifs is 1. The Morgan fingerprint density at radius 2 is 1.59 bits per heavy atom. The standard InChI is InChI=1S/C21H23NO4.ClH/c1-5-26-17-6-7-18-15(12-22-13-16(18)11-17)8-14-9-19(23-2)21(25-4)20(10-14)24-3;/h6-7,9-13H,5,8H2,1-4H3;1H. The summed E-state index contributed by atoms with van der Waals surface area (Å²) in [5.74, 6) is 2.74. The predicted octanol–water partition coefficient (Wildman–Crippen LogP) is 4.67. The van der Waals surface area contributed by atoms with Crippen LogP contribution >= 0.6 is 12.4 Å². The molecule has 0 N–H and O–H groups in total. The molecular formula is C21H24ClNO4. The van der Waals surface area contributed by atoms with Crippen molar-refractivity contribution in [3.63, 3.8) is 0 Å². The van der Waals surface area contributed by atoms with E-state index in [1.54, 1.807) is 21.3 Å². The number of pyridine rings is 1. The van der Waals surface area contributed by atoms with Crippen molar-refractivity contribution in [3.8, 4) is 23.0 Å². The van der Waals surface area contributed by atoms with Gasteiger partial charge in [-0.1, -0.05) is 6.07 Å². The highest BCUT2D eigenvalue weighted by Gasteiger charge is 2.14. The predicted molar refractivity (Wildman–Crippen MR) is 109 cm³/mol. The van der Waals surface area contributed by atoms with Gasteiger partial charge in [0.2, 0.25) is 5.75 Å². The minimum Gasteiger partial charge on any atom is -0.494 e. The van der Waals surface area contributed by atoms with Gasteiger partial charge < -0.3 is 18.9 Å². The lowest BCUT2D eigenvalue weighted by Gasteiger charge is -2.15. The smallest absolute Gasteiger partial charge is 0.203 e. The van der Waals surface area contributed by atoms with E-state index in [1.165, 1.54) is 0 Å². The van der Waals surface area contributed by atoms with E-state index in [0.29, 0.717) is 30.3 Å². The van der Waals surface area contributed by atoms with Gasteiger partial charge >= 0.3 is 0 Å². The lowest BCUT2D eigenvalue weighted by atomic mass is 10.00. The van der Waals surface area contributed by atoms with Gasteiger partial charge in [0.05, 0.1) is 27.9 Å². The van der Waals surface area contributed by atoms with Crippen LogP contribution in [0.1, 0.15) is 18.1 Å². The minimum atomic E-state index is 0. The second-order valence-corrected chi connectivity index (χ2v) is 5.82. The second kappa shape index (κ2) is 9.33. The lowest BCUT2D eigenvalue weighted by Crippen LogP contribution is -1.98. The molecule has 0 aliphatic carbocycles. The van der Waals surface area contributed by atoms with Crippen LogP contribution in [-0.2, 0) is 6.42 Å². The van der Waals surface area contributed by atoms with Gasteiger partial charge in [-0.15, -0.1) is 12.4 Å². The summed E-state index contributed by atoms with van der Waals surface area (Å²) in [7, 11) is 4.84. The molecule has 0 amide bonds. The zero-order valence-electron chi connectivity index (χ0n) is 15.9. The number of aromatic nitrogens is 1. The fourth-order valence-corrected chi connectivity index (χ4v) is 3.07. The number of methoxy groups -OCH3 is 3. The number of hydrogen-bond acceptors (Lipinski definition) is 5. The molecule has 0 unspecified atom stereocenters. The maximum absolute atomic E-state index is 5.58. The van der Waals surface area contributed by atoms with E-state index in [4.69, 9.17) is 18.9 Å². The molecule has 27 heavy (non-hydrogen) atoms. The number of hydrogen-bond donors (Lipinski definition) is 0. The van der Waals surface area contributed by atoms with Gasteiger partial charge in [-0.25, -0.2) is 0 Å². The van der Waals surface area contributed by atoms with Gasteiger partial charge in [0, 0.05) is 17.8 Å². The van der Waals surface area contributed by atoms with Crippen LogP contribution in [0.25, 0.3) is 10.8 Å². The van der Waals surface area contributed by atoms with Crippen LogP contribution in [0.3, 0.4) is 0 Å². The Kier molecular flexibility index (Phi) is 7.13. The molecule has 0 aliphatic rings. The Bertz CT molecular complexity index is 889. The van der Waals surface area contributed by atoms with Crippen LogP contribution in [0.15, 0.2) is 42.7 Å². The van der Waals surface area contributed by atoms with Gasteiger partial charge in [0.25, 0.3) is 0 Å². The fraction of sp³-hybridized carbons (Fsp3) is 0.286. The first-order valence-corrected chi connectivity index (χ1v) is 8.48. The third kappa shape index (κ3) is 4.37. The first-order chi connectivity index (χ1) is 12.7. The summed E-state index contributed by atoms with van der Waals surface area (Å²) in [6, 6.07) is 10.0. The molecule has 0 spiro atoms. The summed E-state index contributed by atoms with van der Waals surface area (Å²) < 4.78 is 21.9. The molecule has 0 fully saturated rings. The molecule has 5 nitrogen and oxygen atoms in total. The topological polar surface area (TPSA) is 49.8 Å². The quantitative estimate of drug-likeness (QED) is 0.587. The number of rotatable bonds is 7. The van der Waals surface area contributed by atoms with Crippen LogP contribution in [0.2, 0.25) is 0 Å². The highest BCUT2D eigenvalue weighted by Crippen LogP contribution is 2.39. The fourth-order valence-electron chi connectivity index (χ4n) is 3.07. The molecule has 0 saturated heterocycles. The summed E-state index contributed by atoms with van der Waals surface area (Å²) in [4.78, 5) is 4.39. The Balaban J connectivity index is 0.00000261. The Labute approximate surface area is 165 Å². The molecule has 1 heterocycles. The molecule has 3 aromatic rings. The second-order valence-electron chi connectivity index (χ2n) is 5.82. The SMILES string of the molecule is CCOc1ccc2c(Cc3cc(OC)c(OC)c(OC)c3)cncc2c1.Cl. The molecule has 0 saturated carbocycles. The molecule has 0 bridgehead atoms. The lowest BCUT2D eigenvalue weighted by molar-refractivity contribution is 0.324. The van der Waals surface area contributed by atoms with Crippen LogP contribution in [0, 0.1) is 0 Å². The van der Waals surface area contributed by atoms with E-state index in [9.17, 15) is 0 Å². The van der Waals surface area contributed by atoms with Crippen LogP contribution in [-0.4, -0.2) is 32.9 Å². The summed E-state index contributed by atoms with van der Waals surface area (Å²) >= 11 is 0. The summed E-state index contributed by atoms with van der Waals surface area (Å²) in [5.41, 5.74) is 2.18. The summed E-state index contributed by atoms with van der Waals surface area (Å²) in [6.45, 7) is 2.62. The van der Waals surface area contributed by atoms with Crippen molar-refractivity contribution in [2.75, 3.05) is 27.9 Å². The molecule has 0 atom stereocenters. The molecule has 0 aliphatic heterocycles. The maximum atomic E-state index is 5.58. The molecule has 6 heteroatoms. The van der Waals surface area contributed by atoms with Crippen molar-refractivity contribution in [2.24, 2.45) is 0 Å². The number of ether oxygens (including phenoxy) is 4. The average Bonchev–Trinajstić information content (AvgIpc) is 2.67. The third-order valence-electron chi connectivity index (χ3n) is 4.24. The highest BCUT2D eigenvalue weighted by atomic mass is 35.5. The molecule has 144 valence electrons. The number of benzene rings is 2. The summed E-state index contributed by atoms with van der Waals surface area (Å²) in [6.07, 6.45) is 4.46. The van der Waals surface area contributed by atoms with E-state index >= 15 is 0 Å². The minimum absolute atomic E-state index is 0. The largest absolute Gasteiger partial charge is 0.494 e. The van der Waals surface area contributed by atoms with Crippen LogP contribution in [0.4, 0.5) is 0 Å². The van der Waals surface area contributed by atoms with E-state index in [1.807, 2.05) is 43.6 Å². The van der Waals surface area contributed by atoms with Crippen LogP contribution < -0.4 is 18.9 Å². The van der Waals surface area contributed by atoms with Crippen molar-refractivity contribution in [1.29, 1.82) is 0 Å². The van der Waals surface area contributed by atoms with Crippen molar-refractivity contribution in [3.05, 3.63) is 53.9 Å². The highest BCUT2D eigenvalue weighted by molar-refractivity contribution is 5.86. The van der Waals surface area contributed by atoms with Gasteiger partial charge in [-0.2, -0.15) is 0 Å². The third-order valence-corrected chi connectivity index (χ3v) is 4.24. The Morgan fingerprint density at radius 1 is 0.889 bits per heavy atom. The van der Waals surface area contributed by atoms with Gasteiger partial charge in [-0.05, 0) is 54.1 Å². The molecule has 0 radical (unpaired) electrons. The molecule has 3 rings (SSSR count). The van der Waals surface area contributed by atoms with E-state index in [2.05, 4.69) is 11.1 Å². The zero-order chi connectivity index (χ0) is 18.5. The van der Waals surface area contributed by atoms with Gasteiger partial charge in [-0.3, -0.25) is 4.98 Å². The van der Waals surface area contributed by atoms with E-state index in [0.717, 1.165) is 27.6 Å². The van der Waals surface area contributed by atoms with Gasteiger partial charge in [0.15, 0.2) is 11.5 Å². The maximum Gasteiger partial charge on any atom is 0.203 e. The number of halogens is 1. The van der Waals surface area contributed by atoms with E-state index < -0.39 is 0 Å². The number of nitrogens with zero attached hydrogens (tertiary/aromatic N) is 1. The van der Waals surface area contributed by atoms with Crippen molar-refractivity contribution in [1.82, 2.24) is 4.98 Å². The zero-order valence-corrected chi connectivity index (χ0v) is 16.8. The average molecular weight is 390 g/mol. The monoisotopic (exact) mass is 389 g/mol. The first-order valence-electron chi connectivity index (χ1n) is 8.48. The first kappa shape index (κ1) is 20.6. The Hall–Kier alpha value is -2.66. The molecule has 1 aromatic heterocycles. The Morgan fingerprint density at radius 3 is 2.19 bits per heavy atom.